The Bertz CT molecular complexity index is 1290. The summed E-state index contributed by atoms with van der Waals surface area (Å²) in [6.45, 7) is 2.81. The maximum absolute atomic E-state index is 14.2. The van der Waals surface area contributed by atoms with Crippen LogP contribution in [0, 0.1) is 5.92 Å². The Balaban J connectivity index is 1.42. The lowest BCUT2D eigenvalue weighted by Crippen LogP contribution is -2.56. The summed E-state index contributed by atoms with van der Waals surface area (Å²) in [5, 5.41) is 12.2. The highest BCUT2D eigenvalue weighted by Crippen LogP contribution is 2.38. The van der Waals surface area contributed by atoms with Crippen LogP contribution >= 0.6 is 0 Å². The third kappa shape index (κ3) is 6.34. The van der Waals surface area contributed by atoms with Crippen LogP contribution in [0.25, 0.3) is 0 Å². The van der Waals surface area contributed by atoms with Crippen LogP contribution in [-0.2, 0) is 25.6 Å². The molecule has 0 bridgehead atoms. The molecule has 2 fully saturated rings. The molecule has 2 aromatic carbocycles. The second kappa shape index (κ2) is 13.0. The normalized spacial score (nSPS) is 26.3. The molecule has 0 radical (unpaired) electrons. The number of carbonyl (C=O) groups is 4. The first kappa shape index (κ1) is 29.7. The van der Waals surface area contributed by atoms with Crippen LogP contribution in [-0.4, -0.2) is 72.8 Å². The number of benzene rings is 2. The topological polar surface area (TPSA) is 146 Å². The fourth-order valence-corrected chi connectivity index (χ4v) is 6.71. The summed E-state index contributed by atoms with van der Waals surface area (Å²) < 4.78 is 0. The molecule has 2 aromatic rings. The van der Waals surface area contributed by atoms with E-state index < -0.39 is 36.0 Å². The number of hydrogen-bond donors (Lipinski definition) is 5. The standard InChI is InChI=1S/C32H42N6O4/c1-19(33)29(39)36-26(17-23-12-8-14-35-23)32(42)38-18-22(20-9-4-3-5-10-20)16-27(38)31(41)37-28-24-13-7-6-11-21(24)15-25(28)30(40)34-2/h3-7,9-11,13,19,22-23,25-28,35H,8,12,14-18,33H2,1-2H3,(H,34,40)(H,36,39)(H,37,41)/t19-,22-,23-,25+,26?,27-,28-/m0/s1. The molecule has 1 unspecified atom stereocenters. The van der Waals surface area contributed by atoms with Crippen molar-refractivity contribution in [2.24, 2.45) is 11.7 Å². The van der Waals surface area contributed by atoms with E-state index in [4.69, 9.17) is 5.73 Å². The fraction of sp³-hybridized carbons (Fsp3) is 0.500. The highest BCUT2D eigenvalue weighted by molar-refractivity contribution is 5.94. The second-order valence-electron chi connectivity index (χ2n) is 11.8. The van der Waals surface area contributed by atoms with Crippen LogP contribution in [0.1, 0.15) is 61.3 Å². The van der Waals surface area contributed by atoms with Gasteiger partial charge in [0.15, 0.2) is 0 Å². The quantitative estimate of drug-likeness (QED) is 0.304. The Morgan fingerprint density at radius 2 is 1.79 bits per heavy atom. The predicted octanol–water partition coefficient (Wildman–Crippen LogP) is 1.12. The number of nitrogens with one attached hydrogen (secondary N) is 4. The first-order valence-corrected chi connectivity index (χ1v) is 15.0. The Hall–Kier alpha value is -3.76. The van der Waals surface area contributed by atoms with Crippen LogP contribution in [0.2, 0.25) is 0 Å². The molecule has 2 heterocycles. The zero-order valence-corrected chi connectivity index (χ0v) is 24.3. The average molecular weight is 575 g/mol. The lowest BCUT2D eigenvalue weighted by atomic mass is 9.95. The molecule has 224 valence electrons. The Morgan fingerprint density at radius 1 is 1.05 bits per heavy atom. The van der Waals surface area contributed by atoms with Gasteiger partial charge in [-0.15, -0.1) is 0 Å². The highest BCUT2D eigenvalue weighted by Gasteiger charge is 2.45. The van der Waals surface area contributed by atoms with Crippen LogP contribution in [0.3, 0.4) is 0 Å². The van der Waals surface area contributed by atoms with Gasteiger partial charge in [0.05, 0.1) is 18.0 Å². The molecule has 2 aliphatic heterocycles. The number of likely N-dealkylation sites (tertiary alicyclic amines) is 1. The number of rotatable bonds is 9. The average Bonchev–Trinajstić information content (AvgIpc) is 3.76. The van der Waals surface area contributed by atoms with E-state index in [-0.39, 0.29) is 29.7 Å². The Morgan fingerprint density at radius 3 is 2.48 bits per heavy atom. The van der Waals surface area contributed by atoms with Gasteiger partial charge in [-0.05, 0) is 62.3 Å². The minimum absolute atomic E-state index is 0.0501. The lowest BCUT2D eigenvalue weighted by molar-refractivity contribution is -0.142. The number of nitrogens with two attached hydrogens (primary N) is 1. The second-order valence-corrected chi connectivity index (χ2v) is 11.8. The highest BCUT2D eigenvalue weighted by atomic mass is 16.2. The lowest BCUT2D eigenvalue weighted by Gasteiger charge is -2.31. The van der Waals surface area contributed by atoms with Gasteiger partial charge in [0, 0.05) is 25.6 Å². The van der Waals surface area contributed by atoms with Crippen LogP contribution in [0.4, 0.5) is 0 Å². The van der Waals surface area contributed by atoms with Gasteiger partial charge >= 0.3 is 0 Å². The predicted molar refractivity (Wildman–Crippen MR) is 159 cm³/mol. The van der Waals surface area contributed by atoms with Crippen molar-refractivity contribution in [3.05, 3.63) is 71.3 Å². The van der Waals surface area contributed by atoms with Crippen molar-refractivity contribution >= 4 is 23.6 Å². The van der Waals surface area contributed by atoms with E-state index in [1.807, 2.05) is 54.6 Å². The maximum atomic E-state index is 14.2. The van der Waals surface area contributed by atoms with Crippen molar-refractivity contribution in [1.82, 2.24) is 26.2 Å². The molecule has 4 amide bonds. The van der Waals surface area contributed by atoms with Gasteiger partial charge < -0.3 is 31.9 Å². The van der Waals surface area contributed by atoms with Crippen LogP contribution in [0.15, 0.2) is 54.6 Å². The molecule has 6 N–H and O–H groups in total. The molecule has 5 rings (SSSR count). The molecular weight excluding hydrogens is 532 g/mol. The molecule has 2 saturated heterocycles. The van der Waals surface area contributed by atoms with Crippen molar-refractivity contribution in [2.45, 2.75) is 75.2 Å². The third-order valence-corrected chi connectivity index (χ3v) is 8.98. The maximum Gasteiger partial charge on any atom is 0.245 e. The third-order valence-electron chi connectivity index (χ3n) is 8.98. The molecule has 0 aromatic heterocycles. The van der Waals surface area contributed by atoms with Crippen molar-refractivity contribution in [2.75, 3.05) is 20.1 Å². The number of hydrogen-bond acceptors (Lipinski definition) is 6. The summed E-state index contributed by atoms with van der Waals surface area (Å²) in [6, 6.07) is 14.9. The molecule has 0 saturated carbocycles. The molecular formula is C32H42N6O4. The summed E-state index contributed by atoms with van der Waals surface area (Å²) in [5.41, 5.74) is 8.85. The monoisotopic (exact) mass is 574 g/mol. The smallest absolute Gasteiger partial charge is 0.245 e. The van der Waals surface area contributed by atoms with E-state index in [9.17, 15) is 19.2 Å². The van der Waals surface area contributed by atoms with E-state index in [1.54, 1.807) is 18.9 Å². The number of fused-ring (bicyclic) bond motifs is 1. The van der Waals surface area contributed by atoms with Crippen molar-refractivity contribution in [3.63, 3.8) is 0 Å². The van der Waals surface area contributed by atoms with Gasteiger partial charge in [-0.2, -0.15) is 0 Å². The van der Waals surface area contributed by atoms with Gasteiger partial charge in [-0.3, -0.25) is 19.2 Å². The summed E-state index contributed by atoms with van der Waals surface area (Å²) in [4.78, 5) is 55.5. The Labute approximate surface area is 247 Å². The van der Waals surface area contributed by atoms with Gasteiger partial charge in [0.1, 0.15) is 12.1 Å². The van der Waals surface area contributed by atoms with E-state index in [2.05, 4.69) is 21.3 Å². The molecule has 10 nitrogen and oxygen atoms in total. The van der Waals surface area contributed by atoms with E-state index >= 15 is 0 Å². The minimum atomic E-state index is -0.810. The van der Waals surface area contributed by atoms with Crippen LogP contribution in [0.5, 0.6) is 0 Å². The molecule has 10 heteroatoms. The van der Waals surface area contributed by atoms with Crippen molar-refractivity contribution in [3.8, 4) is 0 Å². The molecule has 3 aliphatic rings. The van der Waals surface area contributed by atoms with E-state index in [0.29, 0.717) is 25.8 Å². The first-order chi connectivity index (χ1) is 20.3. The number of nitrogens with zero attached hydrogens (tertiary/aromatic N) is 1. The van der Waals surface area contributed by atoms with Crippen LogP contribution < -0.4 is 27.0 Å². The number of carbonyl (C=O) groups excluding carboxylic acids is 4. The summed E-state index contributed by atoms with van der Waals surface area (Å²) in [6.07, 6.45) is 3.31. The molecule has 42 heavy (non-hydrogen) atoms. The van der Waals surface area contributed by atoms with E-state index in [0.717, 1.165) is 36.1 Å². The zero-order valence-electron chi connectivity index (χ0n) is 24.3. The van der Waals surface area contributed by atoms with Crippen molar-refractivity contribution < 1.29 is 19.2 Å². The SMILES string of the molecule is CNC(=O)[C@@H]1Cc2ccccc2[C@@H]1NC(=O)[C@@H]1C[C@H](c2ccccc2)CN1C(=O)C(C[C@@H]1CCCN1)NC(=O)[C@H](C)N. The first-order valence-electron chi connectivity index (χ1n) is 15.0. The number of amides is 4. The molecule has 7 atom stereocenters. The summed E-state index contributed by atoms with van der Waals surface area (Å²) in [5.74, 6) is -1.62. The van der Waals surface area contributed by atoms with E-state index in [1.165, 1.54) is 0 Å². The van der Waals surface area contributed by atoms with Gasteiger partial charge in [-0.1, -0.05) is 54.6 Å². The molecule has 0 spiro atoms. The zero-order chi connectivity index (χ0) is 29.8. The summed E-state index contributed by atoms with van der Waals surface area (Å²) >= 11 is 0. The molecule has 1 aliphatic carbocycles. The Kier molecular flexibility index (Phi) is 9.23. The summed E-state index contributed by atoms with van der Waals surface area (Å²) in [7, 11) is 1.60. The largest absolute Gasteiger partial charge is 0.359 e. The minimum Gasteiger partial charge on any atom is -0.359 e. The fourth-order valence-electron chi connectivity index (χ4n) is 6.71. The van der Waals surface area contributed by atoms with Gasteiger partial charge in [0.2, 0.25) is 23.6 Å². The van der Waals surface area contributed by atoms with Crippen molar-refractivity contribution in [1.29, 1.82) is 0 Å². The van der Waals surface area contributed by atoms with Gasteiger partial charge in [-0.25, -0.2) is 0 Å². The van der Waals surface area contributed by atoms with Gasteiger partial charge in [0.25, 0.3) is 0 Å².